The van der Waals surface area contributed by atoms with Gasteiger partial charge in [-0.3, -0.25) is 5.32 Å². The summed E-state index contributed by atoms with van der Waals surface area (Å²) < 4.78 is 5.40. The molecule has 1 unspecified atom stereocenters. The topological polar surface area (TPSA) is 21.3 Å². The van der Waals surface area contributed by atoms with Gasteiger partial charge in [0.1, 0.15) is 5.75 Å². The van der Waals surface area contributed by atoms with E-state index in [-0.39, 0.29) is 0 Å². The highest BCUT2D eigenvalue weighted by molar-refractivity contribution is 5.29. The molecule has 0 aromatic heterocycles. The third kappa shape index (κ3) is 3.96. The van der Waals surface area contributed by atoms with Crippen LogP contribution >= 0.6 is 0 Å². The van der Waals surface area contributed by atoms with E-state index in [1.807, 2.05) is 26.0 Å². The molecule has 0 amide bonds. The molecule has 16 heavy (non-hydrogen) atoms. The van der Waals surface area contributed by atoms with Crippen molar-refractivity contribution in [2.24, 2.45) is 0 Å². The summed E-state index contributed by atoms with van der Waals surface area (Å²) in [7, 11) is 0. The molecule has 0 saturated heterocycles. The number of ether oxygens (including phenoxy) is 1. The Hall–Kier alpha value is -1.46. The third-order valence-corrected chi connectivity index (χ3v) is 2.36. The lowest BCUT2D eigenvalue weighted by atomic mass is 10.1. The Kier molecular flexibility index (Phi) is 5.45. The van der Waals surface area contributed by atoms with Gasteiger partial charge in [-0.1, -0.05) is 18.1 Å². The molecule has 1 atom stereocenters. The highest BCUT2D eigenvalue weighted by Crippen LogP contribution is 2.17. The van der Waals surface area contributed by atoms with Crippen molar-refractivity contribution in [3.8, 4) is 17.6 Å². The Labute approximate surface area is 98.0 Å². The second-order valence-corrected chi connectivity index (χ2v) is 3.53. The second-order valence-electron chi connectivity index (χ2n) is 3.53. The Morgan fingerprint density at radius 2 is 2.00 bits per heavy atom. The second kappa shape index (κ2) is 6.92. The zero-order chi connectivity index (χ0) is 11.8. The molecule has 1 aromatic rings. The van der Waals surface area contributed by atoms with E-state index in [0.29, 0.717) is 12.6 Å². The summed E-state index contributed by atoms with van der Waals surface area (Å²) in [5, 5.41) is 3.34. The van der Waals surface area contributed by atoms with Crippen LogP contribution in [0.1, 0.15) is 32.4 Å². The maximum atomic E-state index is 5.40. The van der Waals surface area contributed by atoms with Crippen LogP contribution in [0.3, 0.4) is 0 Å². The summed E-state index contributed by atoms with van der Waals surface area (Å²) in [6, 6.07) is 8.49. The van der Waals surface area contributed by atoms with E-state index in [9.17, 15) is 0 Å². The summed E-state index contributed by atoms with van der Waals surface area (Å²) in [5.74, 6) is 6.79. The zero-order valence-corrected chi connectivity index (χ0v) is 10.2. The molecule has 0 heterocycles. The van der Waals surface area contributed by atoms with E-state index in [1.165, 1.54) is 5.56 Å². The highest BCUT2D eigenvalue weighted by atomic mass is 16.5. The van der Waals surface area contributed by atoms with Gasteiger partial charge in [0.15, 0.2) is 0 Å². The van der Waals surface area contributed by atoms with Gasteiger partial charge in [0, 0.05) is 6.04 Å². The SMILES string of the molecule is CC#CCNC(C)c1ccc(OCC)cc1. The molecule has 0 aliphatic carbocycles. The molecule has 0 saturated carbocycles. The van der Waals surface area contributed by atoms with Crippen LogP contribution in [-0.4, -0.2) is 13.2 Å². The standard InChI is InChI=1S/C14H19NO/c1-4-6-11-15-12(3)13-7-9-14(10-8-13)16-5-2/h7-10,12,15H,5,11H2,1-3H3. The van der Waals surface area contributed by atoms with Gasteiger partial charge in [0.25, 0.3) is 0 Å². The minimum absolute atomic E-state index is 0.316. The molecular weight excluding hydrogens is 198 g/mol. The van der Waals surface area contributed by atoms with Crippen molar-refractivity contribution >= 4 is 0 Å². The lowest BCUT2D eigenvalue weighted by Crippen LogP contribution is -2.18. The molecule has 0 fully saturated rings. The quantitative estimate of drug-likeness (QED) is 0.766. The monoisotopic (exact) mass is 217 g/mol. The summed E-state index contributed by atoms with van der Waals surface area (Å²) in [6.45, 7) is 7.40. The van der Waals surface area contributed by atoms with Crippen molar-refractivity contribution in [2.75, 3.05) is 13.2 Å². The van der Waals surface area contributed by atoms with E-state index >= 15 is 0 Å². The van der Waals surface area contributed by atoms with Crippen LogP contribution in [0.2, 0.25) is 0 Å². The van der Waals surface area contributed by atoms with Crippen LogP contribution in [0.25, 0.3) is 0 Å². The van der Waals surface area contributed by atoms with Gasteiger partial charge in [-0.05, 0) is 38.5 Å². The van der Waals surface area contributed by atoms with Gasteiger partial charge >= 0.3 is 0 Å². The van der Waals surface area contributed by atoms with E-state index in [1.54, 1.807) is 0 Å². The molecule has 86 valence electrons. The van der Waals surface area contributed by atoms with Gasteiger partial charge in [-0.25, -0.2) is 0 Å². The normalized spacial score (nSPS) is 11.4. The molecule has 0 aliphatic rings. The van der Waals surface area contributed by atoms with E-state index in [0.717, 1.165) is 12.3 Å². The van der Waals surface area contributed by atoms with Gasteiger partial charge in [-0.15, -0.1) is 5.92 Å². The molecule has 0 aliphatic heterocycles. The Morgan fingerprint density at radius 1 is 1.31 bits per heavy atom. The first-order chi connectivity index (χ1) is 7.77. The fraction of sp³-hybridized carbons (Fsp3) is 0.429. The number of benzene rings is 1. The maximum absolute atomic E-state index is 5.40. The van der Waals surface area contributed by atoms with Crippen molar-refractivity contribution in [3.05, 3.63) is 29.8 Å². The summed E-state index contributed by atoms with van der Waals surface area (Å²) in [5.41, 5.74) is 1.25. The molecule has 2 nitrogen and oxygen atoms in total. The molecule has 0 spiro atoms. The number of nitrogens with one attached hydrogen (secondary N) is 1. The third-order valence-electron chi connectivity index (χ3n) is 2.36. The lowest BCUT2D eigenvalue weighted by Gasteiger charge is -2.12. The summed E-state index contributed by atoms with van der Waals surface area (Å²) >= 11 is 0. The highest BCUT2D eigenvalue weighted by Gasteiger charge is 2.03. The summed E-state index contributed by atoms with van der Waals surface area (Å²) in [6.07, 6.45) is 0. The van der Waals surface area contributed by atoms with Crippen LogP contribution in [0.5, 0.6) is 5.75 Å². The predicted molar refractivity (Wildman–Crippen MR) is 67.5 cm³/mol. The summed E-state index contributed by atoms with van der Waals surface area (Å²) in [4.78, 5) is 0. The zero-order valence-electron chi connectivity index (χ0n) is 10.2. The van der Waals surface area contributed by atoms with Crippen molar-refractivity contribution in [2.45, 2.75) is 26.8 Å². The molecule has 1 aromatic carbocycles. The van der Waals surface area contributed by atoms with Crippen molar-refractivity contribution in [1.82, 2.24) is 5.32 Å². The molecule has 0 radical (unpaired) electrons. The average molecular weight is 217 g/mol. The van der Waals surface area contributed by atoms with E-state index < -0.39 is 0 Å². The van der Waals surface area contributed by atoms with Crippen LogP contribution in [-0.2, 0) is 0 Å². The Bertz CT molecular complexity index is 359. The van der Waals surface area contributed by atoms with Crippen molar-refractivity contribution in [1.29, 1.82) is 0 Å². The molecule has 0 bridgehead atoms. The minimum atomic E-state index is 0.316. The maximum Gasteiger partial charge on any atom is 0.119 e. The predicted octanol–water partition coefficient (Wildman–Crippen LogP) is 2.76. The van der Waals surface area contributed by atoms with Gasteiger partial charge in [0.05, 0.1) is 13.2 Å². The first-order valence-corrected chi connectivity index (χ1v) is 5.63. The van der Waals surface area contributed by atoms with Gasteiger partial charge in [0.2, 0.25) is 0 Å². The Morgan fingerprint density at radius 3 is 2.56 bits per heavy atom. The first-order valence-electron chi connectivity index (χ1n) is 5.63. The molecule has 2 heteroatoms. The molecule has 1 N–H and O–H groups in total. The van der Waals surface area contributed by atoms with Crippen LogP contribution < -0.4 is 10.1 Å². The average Bonchev–Trinajstić information content (AvgIpc) is 2.30. The van der Waals surface area contributed by atoms with Crippen molar-refractivity contribution in [3.63, 3.8) is 0 Å². The van der Waals surface area contributed by atoms with Crippen LogP contribution in [0.4, 0.5) is 0 Å². The minimum Gasteiger partial charge on any atom is -0.494 e. The first kappa shape index (κ1) is 12.6. The van der Waals surface area contributed by atoms with E-state index in [2.05, 4.69) is 36.2 Å². The number of hydrogen-bond donors (Lipinski definition) is 1. The Balaban J connectivity index is 2.54. The van der Waals surface area contributed by atoms with Crippen LogP contribution in [0, 0.1) is 11.8 Å². The fourth-order valence-corrected chi connectivity index (χ4v) is 1.43. The van der Waals surface area contributed by atoms with Crippen molar-refractivity contribution < 1.29 is 4.74 Å². The largest absolute Gasteiger partial charge is 0.494 e. The lowest BCUT2D eigenvalue weighted by molar-refractivity contribution is 0.340. The van der Waals surface area contributed by atoms with E-state index in [4.69, 9.17) is 4.74 Å². The van der Waals surface area contributed by atoms with Gasteiger partial charge in [-0.2, -0.15) is 0 Å². The molecule has 1 rings (SSSR count). The number of rotatable bonds is 5. The molecular formula is C14H19NO. The number of hydrogen-bond acceptors (Lipinski definition) is 2. The van der Waals surface area contributed by atoms with Gasteiger partial charge < -0.3 is 4.74 Å². The smallest absolute Gasteiger partial charge is 0.119 e. The fourth-order valence-electron chi connectivity index (χ4n) is 1.43. The van der Waals surface area contributed by atoms with Crippen LogP contribution in [0.15, 0.2) is 24.3 Å².